The highest BCUT2D eigenvalue weighted by Crippen LogP contribution is 2.39. The quantitative estimate of drug-likeness (QED) is 0.352. The first-order valence-corrected chi connectivity index (χ1v) is 10.0. The fourth-order valence-electron chi connectivity index (χ4n) is 3.37. The second kappa shape index (κ2) is 9.56. The lowest BCUT2D eigenvalue weighted by Crippen LogP contribution is -2.55. The Labute approximate surface area is 160 Å². The Kier molecular flexibility index (Phi) is 7.68. The van der Waals surface area contributed by atoms with Crippen LogP contribution >= 0.6 is 0 Å². The minimum absolute atomic E-state index is 0.0606. The van der Waals surface area contributed by atoms with Crippen LogP contribution in [-0.2, 0) is 25.9 Å². The number of methoxy groups -OCH3 is 3. The molecule has 0 spiro atoms. The highest BCUT2D eigenvalue weighted by atomic mass is 32.3. The minimum Gasteiger partial charge on any atom is -0.493 e. The summed E-state index contributed by atoms with van der Waals surface area (Å²) in [6.45, 7) is 4.18. The zero-order valence-corrected chi connectivity index (χ0v) is 16.8. The molecule has 154 valence electrons. The van der Waals surface area contributed by atoms with Crippen molar-refractivity contribution in [3.63, 3.8) is 0 Å². The fourth-order valence-corrected chi connectivity index (χ4v) is 3.70. The summed E-state index contributed by atoms with van der Waals surface area (Å²) in [7, 11) is 0.303. The van der Waals surface area contributed by atoms with E-state index in [1.807, 2.05) is 12.1 Å². The molecule has 2 rings (SSSR count). The van der Waals surface area contributed by atoms with E-state index in [4.69, 9.17) is 23.5 Å². The third-order valence-electron chi connectivity index (χ3n) is 4.67. The van der Waals surface area contributed by atoms with Gasteiger partial charge in [0.15, 0.2) is 11.5 Å². The van der Waals surface area contributed by atoms with E-state index in [9.17, 15) is 8.42 Å². The molecule has 0 saturated carbocycles. The van der Waals surface area contributed by atoms with Gasteiger partial charge in [-0.3, -0.25) is 4.55 Å². The Morgan fingerprint density at radius 1 is 1.07 bits per heavy atom. The van der Waals surface area contributed by atoms with Gasteiger partial charge >= 0.3 is 10.4 Å². The molecule has 0 radical (unpaired) electrons. The Hall–Kier alpha value is -1.59. The number of benzene rings is 1. The monoisotopic (exact) mass is 406 g/mol. The van der Waals surface area contributed by atoms with Crippen LogP contribution in [0.1, 0.15) is 12.0 Å². The molecule has 1 heterocycles. The van der Waals surface area contributed by atoms with Crippen LogP contribution in [0.3, 0.4) is 0 Å². The van der Waals surface area contributed by atoms with Crippen LogP contribution in [0.4, 0.5) is 0 Å². The van der Waals surface area contributed by atoms with Crippen LogP contribution < -0.4 is 14.2 Å². The molecule has 0 amide bonds. The number of ether oxygens (including phenoxy) is 4. The smallest absolute Gasteiger partial charge is 0.397 e. The van der Waals surface area contributed by atoms with Crippen molar-refractivity contribution in [1.29, 1.82) is 0 Å². The van der Waals surface area contributed by atoms with Gasteiger partial charge in [0.2, 0.25) is 5.75 Å². The third kappa shape index (κ3) is 6.22. The second-order valence-corrected chi connectivity index (χ2v) is 7.51. The van der Waals surface area contributed by atoms with Crippen LogP contribution in [0.25, 0.3) is 0 Å². The van der Waals surface area contributed by atoms with E-state index >= 15 is 0 Å². The molecule has 0 aliphatic carbocycles. The molecule has 0 atom stereocenters. The van der Waals surface area contributed by atoms with Gasteiger partial charge in [0.05, 0.1) is 47.7 Å². The van der Waals surface area contributed by atoms with Gasteiger partial charge in [0.1, 0.15) is 19.6 Å². The van der Waals surface area contributed by atoms with Gasteiger partial charge < -0.3 is 23.4 Å². The molecular weight excluding hydrogens is 378 g/mol. The van der Waals surface area contributed by atoms with Crippen LogP contribution in [0, 0.1) is 0 Å². The molecule has 1 N–H and O–H groups in total. The molecule has 1 saturated heterocycles. The van der Waals surface area contributed by atoms with Crippen molar-refractivity contribution >= 4 is 10.4 Å². The van der Waals surface area contributed by atoms with Crippen molar-refractivity contribution < 1.29 is 40.6 Å². The summed E-state index contributed by atoms with van der Waals surface area (Å²) in [6, 6.07) is 3.84. The van der Waals surface area contributed by atoms with Crippen LogP contribution in [0.5, 0.6) is 17.2 Å². The third-order valence-corrected chi connectivity index (χ3v) is 5.14. The predicted octanol–water partition coefficient (Wildman–Crippen LogP) is 1.27. The van der Waals surface area contributed by atoms with Gasteiger partial charge in [0, 0.05) is 12.0 Å². The van der Waals surface area contributed by atoms with Crippen molar-refractivity contribution in [3.05, 3.63) is 17.7 Å². The maximum atomic E-state index is 10.7. The van der Waals surface area contributed by atoms with Gasteiger partial charge in [-0.1, -0.05) is 0 Å². The normalized spacial score (nSPS) is 16.7. The van der Waals surface area contributed by atoms with Gasteiger partial charge in [-0.05, 0) is 12.1 Å². The molecule has 1 fully saturated rings. The van der Waals surface area contributed by atoms with E-state index in [0.717, 1.165) is 18.7 Å². The average molecular weight is 406 g/mol. The summed E-state index contributed by atoms with van der Waals surface area (Å²) in [5.74, 6) is 1.72. The van der Waals surface area contributed by atoms with Crippen molar-refractivity contribution in [2.45, 2.75) is 13.0 Å². The lowest BCUT2D eigenvalue weighted by atomic mass is 10.1. The van der Waals surface area contributed by atoms with Gasteiger partial charge in [-0.2, -0.15) is 8.42 Å². The standard InChI is InChI=1S/C17H27NO8S/c1-22-15-11-14(12-16(23-2)17(15)24-3)13-18(6-9-25-10-7-18)5-4-8-26-27(19,20)21/h11-12H,4-10,13H2,1-3H3/p+1. The second-order valence-electron chi connectivity index (χ2n) is 6.42. The van der Waals surface area contributed by atoms with E-state index < -0.39 is 10.4 Å². The van der Waals surface area contributed by atoms with Crippen molar-refractivity contribution in [1.82, 2.24) is 0 Å². The summed E-state index contributed by atoms with van der Waals surface area (Å²) in [5, 5.41) is 0. The number of hydrogen-bond donors (Lipinski definition) is 1. The number of quaternary nitrogens is 1. The molecule has 0 unspecified atom stereocenters. The number of nitrogens with zero attached hydrogens (tertiary/aromatic N) is 1. The first-order valence-electron chi connectivity index (χ1n) is 8.66. The highest BCUT2D eigenvalue weighted by molar-refractivity contribution is 7.80. The summed E-state index contributed by atoms with van der Waals surface area (Å²) in [5.41, 5.74) is 1.02. The topological polar surface area (TPSA) is 101 Å². The molecule has 1 aliphatic heterocycles. The fraction of sp³-hybridized carbons (Fsp3) is 0.647. The number of hydrogen-bond acceptors (Lipinski definition) is 7. The summed E-state index contributed by atoms with van der Waals surface area (Å²) in [6.07, 6.45) is 0.490. The van der Waals surface area contributed by atoms with Crippen molar-refractivity contribution in [3.8, 4) is 17.2 Å². The number of morpholine rings is 1. The molecule has 27 heavy (non-hydrogen) atoms. The molecule has 1 aromatic rings. The van der Waals surface area contributed by atoms with E-state index in [0.29, 0.717) is 54.5 Å². The summed E-state index contributed by atoms with van der Waals surface area (Å²) < 4.78 is 57.0. The molecular formula is C17H28NO8S+. The van der Waals surface area contributed by atoms with E-state index in [1.54, 1.807) is 21.3 Å². The maximum absolute atomic E-state index is 10.7. The molecule has 1 aliphatic rings. The predicted molar refractivity (Wildman–Crippen MR) is 97.6 cm³/mol. The molecule has 1 aromatic carbocycles. The van der Waals surface area contributed by atoms with Crippen LogP contribution in [0.15, 0.2) is 12.1 Å². The van der Waals surface area contributed by atoms with Crippen molar-refractivity contribution in [2.75, 3.05) is 60.8 Å². The lowest BCUT2D eigenvalue weighted by molar-refractivity contribution is -0.947. The Bertz CT molecular complexity index is 691. The van der Waals surface area contributed by atoms with Crippen molar-refractivity contribution in [2.24, 2.45) is 0 Å². The van der Waals surface area contributed by atoms with Crippen LogP contribution in [-0.4, -0.2) is 78.2 Å². The van der Waals surface area contributed by atoms with E-state index in [2.05, 4.69) is 4.18 Å². The van der Waals surface area contributed by atoms with Gasteiger partial charge in [-0.25, -0.2) is 4.18 Å². The molecule has 0 bridgehead atoms. The summed E-state index contributed by atoms with van der Waals surface area (Å²) in [4.78, 5) is 0. The summed E-state index contributed by atoms with van der Waals surface area (Å²) >= 11 is 0. The average Bonchev–Trinajstić information content (AvgIpc) is 2.64. The maximum Gasteiger partial charge on any atom is 0.397 e. The largest absolute Gasteiger partial charge is 0.493 e. The lowest BCUT2D eigenvalue weighted by Gasteiger charge is -2.41. The van der Waals surface area contributed by atoms with Gasteiger partial charge in [-0.15, -0.1) is 0 Å². The number of rotatable bonds is 10. The van der Waals surface area contributed by atoms with Gasteiger partial charge in [0.25, 0.3) is 0 Å². The Morgan fingerprint density at radius 3 is 2.15 bits per heavy atom. The molecule has 9 nitrogen and oxygen atoms in total. The minimum atomic E-state index is -4.41. The SMILES string of the molecule is COc1cc(C[N+]2(CCCOS(=O)(=O)O)CCOCC2)cc(OC)c1OC. The molecule has 0 aromatic heterocycles. The first-order chi connectivity index (χ1) is 12.8. The zero-order valence-electron chi connectivity index (χ0n) is 16.0. The first kappa shape index (κ1) is 21.7. The Balaban J connectivity index is 2.17. The van der Waals surface area contributed by atoms with Crippen LogP contribution in [0.2, 0.25) is 0 Å². The highest BCUT2D eigenvalue weighted by Gasteiger charge is 2.31. The van der Waals surface area contributed by atoms with E-state index in [-0.39, 0.29) is 6.61 Å². The Morgan fingerprint density at radius 2 is 1.67 bits per heavy atom. The zero-order chi connectivity index (χ0) is 19.9. The molecule has 10 heteroatoms. The van der Waals surface area contributed by atoms with E-state index in [1.165, 1.54) is 0 Å².